The summed E-state index contributed by atoms with van der Waals surface area (Å²) in [5.41, 5.74) is 1.42. The lowest BCUT2D eigenvalue weighted by molar-refractivity contribution is 0.474. The third kappa shape index (κ3) is 3.66. The van der Waals surface area contributed by atoms with Gasteiger partial charge in [0.05, 0.1) is 0 Å². The molecule has 0 aliphatic heterocycles. The second-order valence-corrected chi connectivity index (χ2v) is 3.80. The zero-order chi connectivity index (χ0) is 10.5. The molecule has 1 rings (SSSR count). The quantitative estimate of drug-likeness (QED) is 0.602. The molecule has 0 aliphatic rings. The van der Waals surface area contributed by atoms with E-state index in [1.165, 1.54) is 5.56 Å². The summed E-state index contributed by atoms with van der Waals surface area (Å²) in [5, 5.41) is 9.02. The van der Waals surface area contributed by atoms with Crippen LogP contribution >= 0.6 is 0 Å². The molecule has 0 atom stereocenters. The van der Waals surface area contributed by atoms with E-state index in [4.69, 9.17) is 5.11 Å². The van der Waals surface area contributed by atoms with Crippen LogP contribution in [0.4, 0.5) is 0 Å². The van der Waals surface area contributed by atoms with Gasteiger partial charge in [0.1, 0.15) is 5.75 Å². The maximum atomic E-state index is 9.02. The number of aromatic hydroxyl groups is 1. The van der Waals surface area contributed by atoms with Gasteiger partial charge in [-0.25, -0.2) is 0 Å². The zero-order valence-corrected chi connectivity index (χ0v) is 8.41. The summed E-state index contributed by atoms with van der Waals surface area (Å²) in [4.78, 5) is 0. The standard InChI is InChI=1S/C10H14O.C2H2/c1-10(2,3)8-4-6-9(11)7-5-8;1-2/h4-7,11H,1-3H3;1-2H. The molecule has 0 saturated carbocycles. The van der Waals surface area contributed by atoms with Crippen molar-refractivity contribution >= 4 is 0 Å². The van der Waals surface area contributed by atoms with Crippen LogP contribution in [0.15, 0.2) is 24.3 Å². The van der Waals surface area contributed by atoms with Crippen molar-refractivity contribution in [2.24, 2.45) is 0 Å². The Bertz CT molecular complexity index is 261. The van der Waals surface area contributed by atoms with Crippen LogP contribution in [0.3, 0.4) is 0 Å². The minimum Gasteiger partial charge on any atom is -0.508 e. The van der Waals surface area contributed by atoms with Crippen LogP contribution in [0, 0.1) is 12.8 Å². The first-order chi connectivity index (χ1) is 6.00. The maximum Gasteiger partial charge on any atom is 0.115 e. The van der Waals surface area contributed by atoms with Crippen molar-refractivity contribution in [1.29, 1.82) is 0 Å². The Morgan fingerprint density at radius 2 is 1.38 bits per heavy atom. The van der Waals surface area contributed by atoms with Crippen molar-refractivity contribution in [3.63, 3.8) is 0 Å². The van der Waals surface area contributed by atoms with Crippen molar-refractivity contribution in [3.8, 4) is 18.6 Å². The van der Waals surface area contributed by atoms with Crippen molar-refractivity contribution in [1.82, 2.24) is 0 Å². The third-order valence-electron chi connectivity index (χ3n) is 1.73. The first kappa shape index (κ1) is 11.6. The summed E-state index contributed by atoms with van der Waals surface area (Å²) in [5.74, 6) is 0.331. The molecule has 1 aromatic carbocycles. The Labute approximate surface area is 80.4 Å². The molecule has 0 bridgehead atoms. The largest absolute Gasteiger partial charge is 0.508 e. The number of hydrogen-bond acceptors (Lipinski definition) is 1. The van der Waals surface area contributed by atoms with Gasteiger partial charge in [-0.3, -0.25) is 0 Å². The van der Waals surface area contributed by atoms with Gasteiger partial charge in [0.25, 0.3) is 0 Å². The molecule has 1 nitrogen and oxygen atoms in total. The van der Waals surface area contributed by atoms with Gasteiger partial charge in [-0.05, 0) is 23.1 Å². The molecule has 1 N–H and O–H groups in total. The summed E-state index contributed by atoms with van der Waals surface area (Å²) < 4.78 is 0. The Balaban J connectivity index is 0.000000671. The Morgan fingerprint density at radius 3 is 1.69 bits per heavy atom. The summed E-state index contributed by atoms with van der Waals surface area (Å²) in [6.07, 6.45) is 8.00. The lowest BCUT2D eigenvalue weighted by atomic mass is 9.87. The fourth-order valence-electron chi connectivity index (χ4n) is 0.961. The summed E-state index contributed by atoms with van der Waals surface area (Å²) in [6, 6.07) is 7.35. The van der Waals surface area contributed by atoms with Gasteiger partial charge in [0, 0.05) is 0 Å². The highest BCUT2D eigenvalue weighted by Crippen LogP contribution is 2.23. The van der Waals surface area contributed by atoms with Gasteiger partial charge >= 0.3 is 0 Å². The molecule has 0 amide bonds. The van der Waals surface area contributed by atoms with E-state index < -0.39 is 0 Å². The van der Waals surface area contributed by atoms with E-state index in [-0.39, 0.29) is 5.41 Å². The minimum absolute atomic E-state index is 0.174. The van der Waals surface area contributed by atoms with E-state index in [0.717, 1.165) is 0 Å². The van der Waals surface area contributed by atoms with E-state index in [2.05, 4.69) is 33.6 Å². The second kappa shape index (κ2) is 4.57. The predicted octanol–water partition coefficient (Wildman–Crippen LogP) is 2.94. The van der Waals surface area contributed by atoms with Crippen LogP contribution in [-0.4, -0.2) is 5.11 Å². The molecule has 0 saturated heterocycles. The van der Waals surface area contributed by atoms with Crippen LogP contribution < -0.4 is 0 Å². The molecule has 70 valence electrons. The molecule has 0 spiro atoms. The molecule has 13 heavy (non-hydrogen) atoms. The highest BCUT2D eigenvalue weighted by atomic mass is 16.3. The van der Waals surface area contributed by atoms with Gasteiger partial charge in [0.2, 0.25) is 0 Å². The SMILES string of the molecule is C#C.CC(C)(C)c1ccc(O)cc1. The molecule has 0 aliphatic carbocycles. The van der Waals surface area contributed by atoms with E-state index >= 15 is 0 Å². The van der Waals surface area contributed by atoms with Gasteiger partial charge in [-0.1, -0.05) is 32.9 Å². The molecule has 0 aromatic heterocycles. The van der Waals surface area contributed by atoms with Crippen LogP contribution in [0.25, 0.3) is 0 Å². The summed E-state index contributed by atoms with van der Waals surface area (Å²) >= 11 is 0. The minimum atomic E-state index is 0.174. The molecule has 0 radical (unpaired) electrons. The van der Waals surface area contributed by atoms with Gasteiger partial charge in [-0.15, -0.1) is 12.8 Å². The molecule has 0 fully saturated rings. The molecular formula is C12H16O. The van der Waals surface area contributed by atoms with Crippen molar-refractivity contribution < 1.29 is 5.11 Å². The number of benzene rings is 1. The van der Waals surface area contributed by atoms with E-state index in [0.29, 0.717) is 5.75 Å². The number of hydrogen-bond donors (Lipinski definition) is 1. The molecule has 1 heteroatoms. The fraction of sp³-hybridized carbons (Fsp3) is 0.333. The van der Waals surface area contributed by atoms with Crippen LogP contribution in [-0.2, 0) is 5.41 Å². The highest BCUT2D eigenvalue weighted by Gasteiger charge is 2.12. The Kier molecular flexibility index (Phi) is 4.07. The topological polar surface area (TPSA) is 20.2 Å². The third-order valence-corrected chi connectivity index (χ3v) is 1.73. The smallest absolute Gasteiger partial charge is 0.115 e. The Hall–Kier alpha value is -1.42. The van der Waals surface area contributed by atoms with Crippen LogP contribution in [0.5, 0.6) is 5.75 Å². The summed E-state index contributed by atoms with van der Waals surface area (Å²) in [6.45, 7) is 6.46. The normalized spacial score (nSPS) is 9.92. The fourth-order valence-corrected chi connectivity index (χ4v) is 0.961. The van der Waals surface area contributed by atoms with Gasteiger partial charge in [-0.2, -0.15) is 0 Å². The molecule has 0 heterocycles. The summed E-state index contributed by atoms with van der Waals surface area (Å²) in [7, 11) is 0. The average molecular weight is 176 g/mol. The van der Waals surface area contributed by atoms with Crippen LogP contribution in [0.1, 0.15) is 26.3 Å². The monoisotopic (exact) mass is 176 g/mol. The van der Waals surface area contributed by atoms with Crippen molar-refractivity contribution in [2.75, 3.05) is 0 Å². The predicted molar refractivity (Wildman–Crippen MR) is 56.7 cm³/mol. The molecule has 0 unspecified atom stereocenters. The number of phenols is 1. The first-order valence-electron chi connectivity index (χ1n) is 4.13. The highest BCUT2D eigenvalue weighted by molar-refractivity contribution is 5.29. The number of rotatable bonds is 0. The zero-order valence-electron chi connectivity index (χ0n) is 8.41. The van der Waals surface area contributed by atoms with E-state index in [1.54, 1.807) is 12.1 Å². The van der Waals surface area contributed by atoms with Crippen molar-refractivity contribution in [2.45, 2.75) is 26.2 Å². The van der Waals surface area contributed by atoms with Crippen LogP contribution in [0.2, 0.25) is 0 Å². The molecule has 1 aromatic rings. The lowest BCUT2D eigenvalue weighted by Gasteiger charge is -2.18. The average Bonchev–Trinajstić information content (AvgIpc) is 2.07. The van der Waals surface area contributed by atoms with E-state index in [9.17, 15) is 0 Å². The maximum absolute atomic E-state index is 9.02. The molecular weight excluding hydrogens is 160 g/mol. The van der Waals surface area contributed by atoms with Gasteiger partial charge < -0.3 is 5.11 Å². The number of phenolic OH excluding ortho intramolecular Hbond substituents is 1. The van der Waals surface area contributed by atoms with E-state index in [1.807, 2.05) is 12.1 Å². The first-order valence-corrected chi connectivity index (χ1v) is 4.13. The van der Waals surface area contributed by atoms with Crippen molar-refractivity contribution in [3.05, 3.63) is 29.8 Å². The second-order valence-electron chi connectivity index (χ2n) is 3.80. The Morgan fingerprint density at radius 1 is 1.00 bits per heavy atom. The van der Waals surface area contributed by atoms with Gasteiger partial charge in [0.15, 0.2) is 0 Å². The lowest BCUT2D eigenvalue weighted by Crippen LogP contribution is -2.10. The number of terminal acetylenes is 1.